The first-order chi connectivity index (χ1) is 14.4. The predicted octanol–water partition coefficient (Wildman–Crippen LogP) is 2.97. The fourth-order valence-electron chi connectivity index (χ4n) is 3.02. The van der Waals surface area contributed by atoms with E-state index in [1.807, 2.05) is 37.3 Å². The minimum Gasteiger partial charge on any atom is -0.445 e. The van der Waals surface area contributed by atoms with E-state index in [4.69, 9.17) is 13.8 Å². The summed E-state index contributed by atoms with van der Waals surface area (Å²) in [7, 11) is -2.52. The summed E-state index contributed by atoms with van der Waals surface area (Å²) in [5, 5.41) is 3.93. The maximum Gasteiger partial charge on any atom is 0.410 e. The molecule has 0 saturated carbocycles. The maximum absolute atomic E-state index is 12.4. The van der Waals surface area contributed by atoms with Crippen molar-refractivity contribution in [1.82, 2.24) is 4.90 Å². The van der Waals surface area contributed by atoms with Gasteiger partial charge in [0, 0.05) is 12.5 Å². The predicted molar refractivity (Wildman–Crippen MR) is 110 cm³/mol. The molecule has 3 rings (SSSR count). The van der Waals surface area contributed by atoms with Crippen LogP contribution in [0.2, 0.25) is 0 Å². The Morgan fingerprint density at radius 3 is 2.50 bits per heavy atom. The van der Waals surface area contributed by atoms with Gasteiger partial charge in [0.05, 0.1) is 23.8 Å². The summed E-state index contributed by atoms with van der Waals surface area (Å²) in [5.41, 5.74) is 2.34. The zero-order chi connectivity index (χ0) is 21.6. The minimum atomic E-state index is -3.92. The van der Waals surface area contributed by atoms with Gasteiger partial charge in [-0.1, -0.05) is 53.2 Å². The first kappa shape index (κ1) is 21.8. The van der Waals surface area contributed by atoms with E-state index in [-0.39, 0.29) is 31.2 Å². The second-order valence-electron chi connectivity index (χ2n) is 6.93. The molecule has 0 aliphatic carbocycles. The SMILES string of the molecule is CON=C1CN(C(=O)OCc2ccccc2)CC1COS(=O)(=O)c1ccc(C)cc1. The Hall–Kier alpha value is -2.91. The van der Waals surface area contributed by atoms with Gasteiger partial charge in [-0.3, -0.25) is 4.18 Å². The zero-order valence-corrected chi connectivity index (χ0v) is 17.7. The molecule has 0 bridgehead atoms. The lowest BCUT2D eigenvalue weighted by Gasteiger charge is -2.16. The van der Waals surface area contributed by atoms with Gasteiger partial charge in [-0.05, 0) is 24.6 Å². The van der Waals surface area contributed by atoms with Gasteiger partial charge in [0.1, 0.15) is 13.7 Å². The van der Waals surface area contributed by atoms with Crippen LogP contribution in [-0.4, -0.2) is 51.9 Å². The fraction of sp³-hybridized carbons (Fsp3) is 0.333. The molecule has 0 N–H and O–H groups in total. The molecule has 1 aliphatic rings. The van der Waals surface area contributed by atoms with E-state index in [9.17, 15) is 13.2 Å². The first-order valence-corrected chi connectivity index (χ1v) is 10.8. The first-order valence-electron chi connectivity index (χ1n) is 9.40. The molecule has 1 atom stereocenters. The zero-order valence-electron chi connectivity index (χ0n) is 16.9. The molecule has 0 radical (unpaired) electrons. The molecule has 1 amide bonds. The van der Waals surface area contributed by atoms with E-state index in [2.05, 4.69) is 5.16 Å². The van der Waals surface area contributed by atoms with Gasteiger partial charge in [0.25, 0.3) is 10.1 Å². The number of aryl methyl sites for hydroxylation is 1. The average Bonchev–Trinajstić information content (AvgIpc) is 3.15. The molecule has 30 heavy (non-hydrogen) atoms. The highest BCUT2D eigenvalue weighted by molar-refractivity contribution is 7.86. The number of hydrogen-bond donors (Lipinski definition) is 0. The van der Waals surface area contributed by atoms with Crippen LogP contribution in [0.1, 0.15) is 11.1 Å². The van der Waals surface area contributed by atoms with Crippen LogP contribution in [0.5, 0.6) is 0 Å². The number of nitrogens with zero attached hydrogens (tertiary/aromatic N) is 2. The lowest BCUT2D eigenvalue weighted by molar-refractivity contribution is 0.102. The van der Waals surface area contributed by atoms with Gasteiger partial charge in [0.15, 0.2) is 0 Å². The van der Waals surface area contributed by atoms with Crippen LogP contribution in [0, 0.1) is 12.8 Å². The number of rotatable bonds is 7. The molecule has 1 saturated heterocycles. The van der Waals surface area contributed by atoms with Crippen molar-refractivity contribution < 1.29 is 27.0 Å². The second-order valence-corrected chi connectivity index (χ2v) is 8.55. The molecule has 160 valence electrons. The van der Waals surface area contributed by atoms with Crippen molar-refractivity contribution in [2.45, 2.75) is 18.4 Å². The molecule has 1 aliphatic heterocycles. The van der Waals surface area contributed by atoms with E-state index in [0.717, 1.165) is 11.1 Å². The van der Waals surface area contributed by atoms with Gasteiger partial charge >= 0.3 is 6.09 Å². The Balaban J connectivity index is 1.60. The molecule has 2 aromatic carbocycles. The second kappa shape index (κ2) is 9.73. The lowest BCUT2D eigenvalue weighted by atomic mass is 10.1. The quantitative estimate of drug-likeness (QED) is 0.493. The molecule has 0 aromatic heterocycles. The Morgan fingerprint density at radius 1 is 1.13 bits per heavy atom. The smallest absolute Gasteiger partial charge is 0.410 e. The van der Waals surface area contributed by atoms with Crippen molar-refractivity contribution in [1.29, 1.82) is 0 Å². The van der Waals surface area contributed by atoms with Crippen LogP contribution in [0.15, 0.2) is 64.6 Å². The summed E-state index contributed by atoms with van der Waals surface area (Å²) < 4.78 is 35.5. The normalized spacial score (nSPS) is 17.9. The topological polar surface area (TPSA) is 94.5 Å². The number of ether oxygens (including phenoxy) is 1. The van der Waals surface area contributed by atoms with E-state index in [0.29, 0.717) is 5.71 Å². The van der Waals surface area contributed by atoms with Crippen LogP contribution >= 0.6 is 0 Å². The third kappa shape index (κ3) is 5.58. The van der Waals surface area contributed by atoms with Crippen molar-refractivity contribution >= 4 is 21.9 Å². The highest BCUT2D eigenvalue weighted by Gasteiger charge is 2.35. The van der Waals surface area contributed by atoms with Crippen molar-refractivity contribution in [2.24, 2.45) is 11.1 Å². The fourth-order valence-corrected chi connectivity index (χ4v) is 3.97. The van der Waals surface area contributed by atoms with Crippen LogP contribution < -0.4 is 0 Å². The van der Waals surface area contributed by atoms with E-state index >= 15 is 0 Å². The molecule has 2 aromatic rings. The number of hydrogen-bond acceptors (Lipinski definition) is 7. The summed E-state index contributed by atoms with van der Waals surface area (Å²) in [6, 6.07) is 15.7. The van der Waals surface area contributed by atoms with Crippen molar-refractivity contribution in [2.75, 3.05) is 26.8 Å². The van der Waals surface area contributed by atoms with Gasteiger partial charge < -0.3 is 14.5 Å². The summed E-state index contributed by atoms with van der Waals surface area (Å²) in [6.45, 7) is 2.27. The van der Waals surface area contributed by atoms with Crippen LogP contribution in [0.25, 0.3) is 0 Å². The molecule has 1 fully saturated rings. The van der Waals surface area contributed by atoms with Crippen LogP contribution in [0.3, 0.4) is 0 Å². The summed E-state index contributed by atoms with van der Waals surface area (Å²) in [4.78, 5) is 18.8. The highest BCUT2D eigenvalue weighted by Crippen LogP contribution is 2.20. The minimum absolute atomic E-state index is 0.0791. The number of carbonyl (C=O) groups excluding carboxylic acids is 1. The highest BCUT2D eigenvalue weighted by atomic mass is 32.2. The molecule has 1 heterocycles. The van der Waals surface area contributed by atoms with Gasteiger partial charge in [-0.2, -0.15) is 8.42 Å². The average molecular weight is 432 g/mol. The number of oxime groups is 1. The van der Waals surface area contributed by atoms with Gasteiger partial charge in [-0.15, -0.1) is 0 Å². The molecular formula is C21H24N2O6S. The van der Waals surface area contributed by atoms with E-state index in [1.54, 1.807) is 12.1 Å². The Labute approximate surface area is 176 Å². The monoisotopic (exact) mass is 432 g/mol. The maximum atomic E-state index is 12.4. The number of benzene rings is 2. The number of amides is 1. The van der Waals surface area contributed by atoms with Crippen LogP contribution in [-0.2, 0) is 30.5 Å². The Morgan fingerprint density at radius 2 is 1.83 bits per heavy atom. The third-order valence-electron chi connectivity index (χ3n) is 4.67. The van der Waals surface area contributed by atoms with Crippen molar-refractivity contribution in [3.63, 3.8) is 0 Å². The van der Waals surface area contributed by atoms with Gasteiger partial charge in [-0.25, -0.2) is 4.79 Å². The number of likely N-dealkylation sites (tertiary alicyclic amines) is 1. The van der Waals surface area contributed by atoms with Crippen molar-refractivity contribution in [3.05, 3.63) is 65.7 Å². The molecule has 9 heteroatoms. The van der Waals surface area contributed by atoms with Crippen molar-refractivity contribution in [3.8, 4) is 0 Å². The number of carbonyl (C=O) groups is 1. The van der Waals surface area contributed by atoms with E-state index < -0.39 is 22.1 Å². The van der Waals surface area contributed by atoms with E-state index in [1.165, 1.54) is 24.1 Å². The molecule has 8 nitrogen and oxygen atoms in total. The summed E-state index contributed by atoms with van der Waals surface area (Å²) in [5.74, 6) is -0.422. The standard InChI is InChI=1S/C21H24N2O6S/c1-16-8-10-19(11-9-16)30(25,26)29-15-18-12-23(13-20(18)22-27-2)21(24)28-14-17-6-4-3-5-7-17/h3-11,18H,12-15H2,1-2H3. The molecule has 0 spiro atoms. The van der Waals surface area contributed by atoms with Gasteiger partial charge in [0.2, 0.25) is 0 Å². The Bertz CT molecular complexity index is 990. The Kier molecular flexibility index (Phi) is 7.07. The summed E-state index contributed by atoms with van der Waals surface area (Å²) >= 11 is 0. The lowest BCUT2D eigenvalue weighted by Crippen LogP contribution is -2.30. The molecule has 1 unspecified atom stereocenters. The van der Waals surface area contributed by atoms with Crippen LogP contribution in [0.4, 0.5) is 4.79 Å². The summed E-state index contributed by atoms with van der Waals surface area (Å²) in [6.07, 6.45) is -0.508. The largest absolute Gasteiger partial charge is 0.445 e. The molecular weight excluding hydrogens is 408 g/mol. The third-order valence-corrected chi connectivity index (χ3v) is 5.97.